The highest BCUT2D eigenvalue weighted by Gasteiger charge is 2.39. The van der Waals surface area contributed by atoms with Crippen molar-refractivity contribution in [2.75, 3.05) is 32.8 Å². The minimum absolute atomic E-state index is 0.0537. The largest absolute Gasteiger partial charge is 0.507 e. The lowest BCUT2D eigenvalue weighted by molar-refractivity contribution is -0.132. The van der Waals surface area contributed by atoms with Crippen LogP contribution in [0.5, 0.6) is 17.2 Å². The summed E-state index contributed by atoms with van der Waals surface area (Å²) in [4.78, 5) is 56.3. The minimum Gasteiger partial charge on any atom is -0.507 e. The second-order valence-electron chi connectivity index (χ2n) is 13.2. The van der Waals surface area contributed by atoms with Gasteiger partial charge in [0, 0.05) is 31.6 Å². The van der Waals surface area contributed by atoms with Crippen LogP contribution in [0.2, 0.25) is 0 Å². The molecule has 2 aromatic carbocycles. The lowest BCUT2D eigenvalue weighted by atomic mass is 9.79. The fourth-order valence-corrected chi connectivity index (χ4v) is 6.68. The van der Waals surface area contributed by atoms with E-state index < -0.39 is 35.8 Å². The third-order valence-electron chi connectivity index (χ3n) is 9.49. The SMILES string of the molecule is CC(C)[C@@H]1NC(=O)c2cc(ccc2O)Oc2ccc(cc2)C[C@@H](C(=O)NCC2(N3CCOCC3)CCCCC2)NC(=O)[C@H](C)NC1=O. The Labute approximate surface area is 275 Å². The second kappa shape index (κ2) is 15.2. The zero-order valence-corrected chi connectivity index (χ0v) is 27.5. The van der Waals surface area contributed by atoms with Gasteiger partial charge < -0.3 is 35.8 Å². The van der Waals surface area contributed by atoms with Crippen LogP contribution in [0.1, 0.15) is 68.8 Å². The van der Waals surface area contributed by atoms with Gasteiger partial charge in [-0.2, -0.15) is 0 Å². The Bertz CT molecular complexity index is 1430. The van der Waals surface area contributed by atoms with Crippen LogP contribution < -0.4 is 26.0 Å². The number of aromatic hydroxyl groups is 1. The van der Waals surface area contributed by atoms with E-state index in [1.54, 1.807) is 32.0 Å². The predicted octanol–water partition coefficient (Wildman–Crippen LogP) is 2.64. The Balaban J connectivity index is 1.40. The van der Waals surface area contributed by atoms with Gasteiger partial charge in [0.1, 0.15) is 35.4 Å². The zero-order chi connectivity index (χ0) is 33.6. The van der Waals surface area contributed by atoms with E-state index in [-0.39, 0.29) is 35.1 Å². The van der Waals surface area contributed by atoms with Gasteiger partial charge in [-0.1, -0.05) is 45.2 Å². The molecule has 1 saturated heterocycles. The van der Waals surface area contributed by atoms with Crippen molar-refractivity contribution in [3.63, 3.8) is 0 Å². The number of ether oxygens (including phenoxy) is 2. The Morgan fingerprint density at radius 2 is 1.64 bits per heavy atom. The molecule has 1 aliphatic carbocycles. The number of benzene rings is 2. The summed E-state index contributed by atoms with van der Waals surface area (Å²) in [5.41, 5.74) is 0.589. The molecule has 5 N–H and O–H groups in total. The van der Waals surface area contributed by atoms with E-state index in [2.05, 4.69) is 26.2 Å². The number of hydrogen-bond acceptors (Lipinski definition) is 8. The number of nitrogens with one attached hydrogen (secondary N) is 4. The van der Waals surface area contributed by atoms with E-state index >= 15 is 0 Å². The first kappa shape index (κ1) is 34.2. The Kier molecular flexibility index (Phi) is 11.0. The summed E-state index contributed by atoms with van der Waals surface area (Å²) in [7, 11) is 0. The molecule has 47 heavy (non-hydrogen) atoms. The third-order valence-corrected chi connectivity index (χ3v) is 9.49. The minimum atomic E-state index is -1.00. The van der Waals surface area contributed by atoms with Gasteiger partial charge in [0.2, 0.25) is 17.7 Å². The van der Waals surface area contributed by atoms with Crippen LogP contribution in [0.25, 0.3) is 0 Å². The number of fused-ring (bicyclic) bond motifs is 11. The van der Waals surface area contributed by atoms with E-state index in [1.165, 1.54) is 25.5 Å². The van der Waals surface area contributed by atoms with Crippen LogP contribution in [0.4, 0.5) is 0 Å². The summed E-state index contributed by atoms with van der Waals surface area (Å²) in [6.45, 7) is 8.54. The summed E-state index contributed by atoms with van der Waals surface area (Å²) in [6, 6.07) is 8.51. The zero-order valence-electron chi connectivity index (χ0n) is 27.5. The average molecular weight is 650 g/mol. The van der Waals surface area contributed by atoms with E-state index in [1.807, 2.05) is 12.1 Å². The Morgan fingerprint density at radius 3 is 2.32 bits per heavy atom. The van der Waals surface area contributed by atoms with Gasteiger partial charge in [-0.05, 0) is 61.6 Å². The molecule has 4 bridgehead atoms. The maximum Gasteiger partial charge on any atom is 0.255 e. The molecule has 12 heteroatoms. The lowest BCUT2D eigenvalue weighted by Crippen LogP contribution is -2.61. The third kappa shape index (κ3) is 8.41. The second-order valence-corrected chi connectivity index (χ2v) is 13.2. The van der Waals surface area contributed by atoms with Crippen molar-refractivity contribution in [3.8, 4) is 17.2 Å². The topological polar surface area (TPSA) is 158 Å². The fourth-order valence-electron chi connectivity index (χ4n) is 6.68. The number of amides is 4. The lowest BCUT2D eigenvalue weighted by Gasteiger charge is -2.48. The van der Waals surface area contributed by atoms with Gasteiger partial charge in [-0.15, -0.1) is 0 Å². The molecule has 4 aliphatic rings. The molecule has 4 amide bonds. The first-order valence-corrected chi connectivity index (χ1v) is 16.7. The molecule has 0 unspecified atom stereocenters. The number of carbonyl (C=O) groups excluding carboxylic acids is 4. The number of rotatable bonds is 5. The number of phenolic OH excluding ortho intramolecular Hbond substituents is 1. The van der Waals surface area contributed by atoms with Crippen molar-refractivity contribution in [2.45, 2.75) is 83.0 Å². The van der Waals surface area contributed by atoms with Crippen molar-refractivity contribution in [2.24, 2.45) is 5.92 Å². The normalized spacial score (nSPS) is 24.3. The highest BCUT2D eigenvalue weighted by atomic mass is 16.5. The number of hydrogen-bond donors (Lipinski definition) is 5. The molecule has 0 spiro atoms. The van der Waals surface area contributed by atoms with Crippen molar-refractivity contribution in [1.29, 1.82) is 0 Å². The first-order chi connectivity index (χ1) is 22.5. The number of carbonyl (C=O) groups is 4. The highest BCUT2D eigenvalue weighted by molar-refractivity contribution is 6.00. The molecule has 12 nitrogen and oxygen atoms in total. The van der Waals surface area contributed by atoms with Crippen molar-refractivity contribution >= 4 is 23.6 Å². The van der Waals surface area contributed by atoms with Crippen LogP contribution in [0, 0.1) is 5.92 Å². The molecule has 254 valence electrons. The van der Waals surface area contributed by atoms with E-state index in [4.69, 9.17) is 9.47 Å². The maximum atomic E-state index is 13.9. The van der Waals surface area contributed by atoms with Crippen LogP contribution >= 0.6 is 0 Å². The summed E-state index contributed by atoms with van der Waals surface area (Å²) < 4.78 is 11.6. The molecule has 3 heterocycles. The van der Waals surface area contributed by atoms with Gasteiger partial charge in [0.15, 0.2) is 0 Å². The highest BCUT2D eigenvalue weighted by Crippen LogP contribution is 2.34. The van der Waals surface area contributed by atoms with Gasteiger partial charge in [-0.3, -0.25) is 24.1 Å². The Morgan fingerprint density at radius 1 is 0.957 bits per heavy atom. The van der Waals surface area contributed by atoms with E-state index in [0.717, 1.165) is 44.3 Å². The molecular formula is C35H47N5O7. The van der Waals surface area contributed by atoms with Gasteiger partial charge in [0.05, 0.1) is 18.8 Å². The molecule has 0 radical (unpaired) electrons. The molecule has 1 saturated carbocycles. The van der Waals surface area contributed by atoms with Gasteiger partial charge in [0.25, 0.3) is 5.91 Å². The fraction of sp³-hybridized carbons (Fsp3) is 0.543. The van der Waals surface area contributed by atoms with Crippen LogP contribution in [-0.4, -0.2) is 90.1 Å². The summed E-state index contributed by atoms with van der Waals surface area (Å²) >= 11 is 0. The number of phenols is 1. The number of morpholine rings is 1. The predicted molar refractivity (Wildman–Crippen MR) is 175 cm³/mol. The van der Waals surface area contributed by atoms with E-state index in [9.17, 15) is 24.3 Å². The standard InChI is InChI=1S/C35H47N5O7/c1-22(2)30-34(45)37-23(3)31(42)38-28(33(44)36-21-35(13-5-4-6-14-35)40-15-17-46-18-16-40)19-24-7-9-25(10-8-24)47-26-11-12-29(41)27(20-26)32(43)39-30/h7-12,20,22-23,28,30,41H,4-6,13-19,21H2,1-3H3,(H,36,44)(H,37,45)(H,38,42)(H,39,43)/t23-,28-,30-/m0/s1. The molecule has 3 atom stereocenters. The molecule has 6 rings (SSSR count). The summed E-state index contributed by atoms with van der Waals surface area (Å²) in [5.74, 6) is -1.86. The first-order valence-electron chi connectivity index (χ1n) is 16.7. The van der Waals surface area contributed by atoms with Crippen LogP contribution in [-0.2, 0) is 25.5 Å². The summed E-state index contributed by atoms with van der Waals surface area (Å²) in [6.07, 6.45) is 5.58. The van der Waals surface area contributed by atoms with Crippen molar-refractivity contribution < 1.29 is 33.8 Å². The molecule has 3 aliphatic heterocycles. The van der Waals surface area contributed by atoms with Crippen molar-refractivity contribution in [3.05, 3.63) is 53.6 Å². The Hall–Kier alpha value is -4.16. The van der Waals surface area contributed by atoms with E-state index in [0.29, 0.717) is 31.3 Å². The maximum absolute atomic E-state index is 13.9. The molecular weight excluding hydrogens is 602 g/mol. The molecule has 2 aromatic rings. The van der Waals surface area contributed by atoms with Gasteiger partial charge >= 0.3 is 0 Å². The van der Waals surface area contributed by atoms with Crippen molar-refractivity contribution in [1.82, 2.24) is 26.2 Å². The smallest absolute Gasteiger partial charge is 0.255 e. The van der Waals surface area contributed by atoms with Crippen LogP contribution in [0.3, 0.4) is 0 Å². The number of nitrogens with zero attached hydrogens (tertiary/aromatic N) is 1. The average Bonchev–Trinajstić information content (AvgIpc) is 3.07. The van der Waals surface area contributed by atoms with Gasteiger partial charge in [-0.25, -0.2) is 0 Å². The summed E-state index contributed by atoms with van der Waals surface area (Å²) in [5, 5.41) is 21.8. The van der Waals surface area contributed by atoms with Crippen LogP contribution in [0.15, 0.2) is 42.5 Å². The molecule has 2 fully saturated rings. The molecule has 0 aromatic heterocycles. The monoisotopic (exact) mass is 649 g/mol. The quantitative estimate of drug-likeness (QED) is 0.310.